The average Bonchev–Trinajstić information content (AvgIpc) is 2.29. The molecule has 0 aromatic heterocycles. The van der Waals surface area contributed by atoms with Gasteiger partial charge in [-0.15, -0.1) is 0 Å². The van der Waals surface area contributed by atoms with Gasteiger partial charge in [0.25, 0.3) is 0 Å². The number of hydrogen-bond acceptors (Lipinski definition) is 2. The summed E-state index contributed by atoms with van der Waals surface area (Å²) in [7, 11) is 0. The predicted octanol–water partition coefficient (Wildman–Crippen LogP) is 3.26. The number of likely N-dealkylation sites (tertiary alicyclic amines) is 1. The lowest BCUT2D eigenvalue weighted by Crippen LogP contribution is -2.38. The molecule has 0 saturated carbocycles. The summed E-state index contributed by atoms with van der Waals surface area (Å²) >= 11 is 0. The lowest BCUT2D eigenvalue weighted by Gasteiger charge is -2.31. The van der Waals surface area contributed by atoms with Crippen LogP contribution in [0.3, 0.4) is 0 Å². The first-order chi connectivity index (χ1) is 7.74. The third-order valence-corrected chi connectivity index (χ3v) is 3.66. The van der Waals surface area contributed by atoms with Crippen LogP contribution in [0.1, 0.15) is 58.8 Å². The molecule has 0 aromatic rings. The molecule has 1 saturated heterocycles. The van der Waals surface area contributed by atoms with Gasteiger partial charge in [-0.1, -0.05) is 32.6 Å². The van der Waals surface area contributed by atoms with Crippen molar-refractivity contribution in [2.24, 2.45) is 5.92 Å². The fourth-order valence-electron chi connectivity index (χ4n) is 2.53. The molecule has 1 fully saturated rings. The predicted molar refractivity (Wildman–Crippen MR) is 68.6 cm³/mol. The standard InChI is InChI=1S/C14H27NO/c1-3-4-5-6-7-10-15-11-8-9-14(12-15)13(2)16/h14H,3-12H2,1-2H3. The van der Waals surface area contributed by atoms with Gasteiger partial charge in [-0.3, -0.25) is 4.79 Å². The Morgan fingerprint density at radius 3 is 2.69 bits per heavy atom. The van der Waals surface area contributed by atoms with Crippen molar-refractivity contribution in [3.8, 4) is 0 Å². The van der Waals surface area contributed by atoms with Crippen molar-refractivity contribution in [3.05, 3.63) is 0 Å². The van der Waals surface area contributed by atoms with Crippen molar-refractivity contribution in [1.82, 2.24) is 4.90 Å². The quantitative estimate of drug-likeness (QED) is 0.620. The van der Waals surface area contributed by atoms with Crippen LogP contribution in [0.5, 0.6) is 0 Å². The molecule has 1 atom stereocenters. The zero-order valence-corrected chi connectivity index (χ0v) is 11.0. The second-order valence-corrected chi connectivity index (χ2v) is 5.16. The zero-order valence-electron chi connectivity index (χ0n) is 11.0. The second kappa shape index (κ2) is 7.83. The van der Waals surface area contributed by atoms with Crippen LogP contribution in [0.4, 0.5) is 0 Å². The molecule has 1 aliphatic rings. The maximum Gasteiger partial charge on any atom is 0.134 e. The molecule has 0 spiro atoms. The molecule has 16 heavy (non-hydrogen) atoms. The van der Waals surface area contributed by atoms with Crippen LogP contribution >= 0.6 is 0 Å². The molecule has 0 amide bonds. The van der Waals surface area contributed by atoms with E-state index in [9.17, 15) is 4.79 Å². The zero-order chi connectivity index (χ0) is 11.8. The third-order valence-electron chi connectivity index (χ3n) is 3.66. The van der Waals surface area contributed by atoms with E-state index in [0.717, 1.165) is 13.0 Å². The fraction of sp³-hybridized carbons (Fsp3) is 0.929. The maximum atomic E-state index is 11.3. The summed E-state index contributed by atoms with van der Waals surface area (Å²) in [6.45, 7) is 7.42. The summed E-state index contributed by atoms with van der Waals surface area (Å²) in [6, 6.07) is 0. The van der Waals surface area contributed by atoms with Gasteiger partial charge in [-0.25, -0.2) is 0 Å². The molecule has 2 heteroatoms. The Kier molecular flexibility index (Phi) is 6.70. The summed E-state index contributed by atoms with van der Waals surface area (Å²) in [4.78, 5) is 13.8. The molecule has 94 valence electrons. The van der Waals surface area contributed by atoms with E-state index in [1.165, 1.54) is 51.6 Å². The van der Waals surface area contributed by atoms with Gasteiger partial charge in [-0.05, 0) is 39.3 Å². The minimum atomic E-state index is 0.324. The van der Waals surface area contributed by atoms with Gasteiger partial charge in [-0.2, -0.15) is 0 Å². The van der Waals surface area contributed by atoms with Crippen LogP contribution in [0.15, 0.2) is 0 Å². The molecule has 1 aliphatic heterocycles. The van der Waals surface area contributed by atoms with E-state index >= 15 is 0 Å². The Balaban J connectivity index is 2.10. The van der Waals surface area contributed by atoms with Crippen molar-refractivity contribution in [2.75, 3.05) is 19.6 Å². The first kappa shape index (κ1) is 13.7. The monoisotopic (exact) mass is 225 g/mol. The smallest absolute Gasteiger partial charge is 0.134 e. The number of Topliss-reactive ketones (excluding diaryl/α,β-unsaturated/α-hetero) is 1. The highest BCUT2D eigenvalue weighted by Crippen LogP contribution is 2.17. The Labute approximate surface area is 100 Å². The van der Waals surface area contributed by atoms with Gasteiger partial charge in [0, 0.05) is 12.5 Å². The molecule has 0 aliphatic carbocycles. The van der Waals surface area contributed by atoms with Crippen LogP contribution in [-0.4, -0.2) is 30.3 Å². The van der Waals surface area contributed by atoms with Crippen molar-refractivity contribution in [3.63, 3.8) is 0 Å². The van der Waals surface area contributed by atoms with E-state index < -0.39 is 0 Å². The summed E-state index contributed by atoms with van der Waals surface area (Å²) in [5, 5.41) is 0. The van der Waals surface area contributed by atoms with E-state index in [1.54, 1.807) is 6.92 Å². The first-order valence-corrected chi connectivity index (χ1v) is 6.97. The van der Waals surface area contributed by atoms with Crippen molar-refractivity contribution in [2.45, 2.75) is 58.8 Å². The number of nitrogens with zero attached hydrogens (tertiary/aromatic N) is 1. The molecule has 0 bridgehead atoms. The number of carbonyl (C=O) groups is 1. The SMILES string of the molecule is CCCCCCCN1CCCC(C(C)=O)C1. The normalized spacial score (nSPS) is 22.2. The second-order valence-electron chi connectivity index (χ2n) is 5.16. The van der Waals surface area contributed by atoms with Gasteiger partial charge in [0.05, 0.1) is 0 Å². The van der Waals surface area contributed by atoms with Crippen LogP contribution in [-0.2, 0) is 4.79 Å². The van der Waals surface area contributed by atoms with Gasteiger partial charge >= 0.3 is 0 Å². The Morgan fingerprint density at radius 2 is 2.00 bits per heavy atom. The highest BCUT2D eigenvalue weighted by atomic mass is 16.1. The molecule has 0 radical (unpaired) electrons. The molecule has 2 nitrogen and oxygen atoms in total. The van der Waals surface area contributed by atoms with Crippen molar-refractivity contribution < 1.29 is 4.79 Å². The number of unbranched alkanes of at least 4 members (excludes halogenated alkanes) is 4. The van der Waals surface area contributed by atoms with E-state index in [4.69, 9.17) is 0 Å². The maximum absolute atomic E-state index is 11.3. The number of hydrogen-bond donors (Lipinski definition) is 0. The first-order valence-electron chi connectivity index (χ1n) is 6.97. The van der Waals surface area contributed by atoms with E-state index in [-0.39, 0.29) is 0 Å². The van der Waals surface area contributed by atoms with Crippen LogP contribution in [0.2, 0.25) is 0 Å². The number of piperidine rings is 1. The minimum absolute atomic E-state index is 0.324. The van der Waals surface area contributed by atoms with E-state index in [0.29, 0.717) is 11.7 Å². The summed E-state index contributed by atoms with van der Waals surface area (Å²) in [5.74, 6) is 0.708. The molecular formula is C14H27NO. The largest absolute Gasteiger partial charge is 0.303 e. The molecular weight excluding hydrogens is 198 g/mol. The lowest BCUT2D eigenvalue weighted by atomic mass is 9.94. The fourth-order valence-corrected chi connectivity index (χ4v) is 2.53. The Morgan fingerprint density at radius 1 is 1.25 bits per heavy atom. The van der Waals surface area contributed by atoms with Gasteiger partial charge in [0.15, 0.2) is 0 Å². The van der Waals surface area contributed by atoms with Gasteiger partial charge < -0.3 is 4.90 Å². The average molecular weight is 225 g/mol. The number of ketones is 1. The highest BCUT2D eigenvalue weighted by Gasteiger charge is 2.22. The molecule has 0 N–H and O–H groups in total. The summed E-state index contributed by atoms with van der Waals surface area (Å²) in [5.41, 5.74) is 0. The Hall–Kier alpha value is -0.370. The highest BCUT2D eigenvalue weighted by molar-refractivity contribution is 5.78. The summed E-state index contributed by atoms with van der Waals surface area (Å²) in [6.07, 6.45) is 9.05. The molecule has 1 heterocycles. The van der Waals surface area contributed by atoms with Crippen molar-refractivity contribution in [1.29, 1.82) is 0 Å². The summed E-state index contributed by atoms with van der Waals surface area (Å²) < 4.78 is 0. The topological polar surface area (TPSA) is 20.3 Å². The third kappa shape index (κ3) is 5.11. The molecule has 1 unspecified atom stereocenters. The van der Waals surface area contributed by atoms with E-state index in [1.807, 2.05) is 0 Å². The van der Waals surface area contributed by atoms with Crippen LogP contribution in [0.25, 0.3) is 0 Å². The number of rotatable bonds is 7. The number of carbonyl (C=O) groups excluding carboxylic acids is 1. The lowest BCUT2D eigenvalue weighted by molar-refractivity contribution is -0.122. The molecule has 0 aromatic carbocycles. The minimum Gasteiger partial charge on any atom is -0.303 e. The van der Waals surface area contributed by atoms with Crippen LogP contribution in [0, 0.1) is 5.92 Å². The van der Waals surface area contributed by atoms with Crippen molar-refractivity contribution >= 4 is 5.78 Å². The van der Waals surface area contributed by atoms with E-state index in [2.05, 4.69) is 11.8 Å². The van der Waals surface area contributed by atoms with Gasteiger partial charge in [0.1, 0.15) is 5.78 Å². The Bertz CT molecular complexity index is 203. The van der Waals surface area contributed by atoms with Gasteiger partial charge in [0.2, 0.25) is 0 Å². The van der Waals surface area contributed by atoms with Crippen LogP contribution < -0.4 is 0 Å². The molecule has 1 rings (SSSR count).